The van der Waals surface area contributed by atoms with Crippen LogP contribution in [0.3, 0.4) is 0 Å². The molecule has 0 aromatic carbocycles. The van der Waals surface area contributed by atoms with Crippen molar-refractivity contribution in [3.63, 3.8) is 0 Å². The third-order valence-electron chi connectivity index (χ3n) is 3.52. The van der Waals surface area contributed by atoms with Crippen molar-refractivity contribution in [3.8, 4) is 0 Å². The number of rotatable bonds is 3. The largest absolute Gasteiger partial charge is 0.376 e. The van der Waals surface area contributed by atoms with Crippen LogP contribution in [0, 0.1) is 5.92 Å². The van der Waals surface area contributed by atoms with Crippen molar-refractivity contribution in [2.45, 2.75) is 58.1 Å². The minimum atomic E-state index is -0.116. The molecule has 1 saturated carbocycles. The fourth-order valence-corrected chi connectivity index (χ4v) is 2.68. The molecule has 0 aliphatic heterocycles. The van der Waals surface area contributed by atoms with Crippen LogP contribution < -0.4 is 5.73 Å². The molecule has 0 radical (unpaired) electrons. The molecular weight excluding hydrogens is 186 g/mol. The quantitative estimate of drug-likeness (QED) is 0.729. The zero-order chi connectivity index (χ0) is 11.5. The normalized spacial score (nSPS) is 33.5. The summed E-state index contributed by atoms with van der Waals surface area (Å²) in [6.07, 6.45) is 6.88. The maximum absolute atomic E-state index is 6.26. The molecule has 0 amide bonds. The first kappa shape index (κ1) is 12.7. The lowest BCUT2D eigenvalue weighted by molar-refractivity contribution is -0.0609. The zero-order valence-corrected chi connectivity index (χ0v) is 10.5. The molecule has 1 rings (SSSR count). The predicted octanol–water partition coefficient (Wildman–Crippen LogP) is 2.88. The second-order valence-corrected chi connectivity index (χ2v) is 5.24. The van der Waals surface area contributed by atoms with Crippen molar-refractivity contribution in [3.05, 3.63) is 11.6 Å². The highest BCUT2D eigenvalue weighted by Crippen LogP contribution is 2.37. The highest BCUT2D eigenvalue weighted by molar-refractivity contribution is 5.09. The molecule has 1 aliphatic rings. The molecule has 3 atom stereocenters. The number of nitrogens with two attached hydrogens (primary N) is 1. The third kappa shape index (κ3) is 3.05. The zero-order valence-electron chi connectivity index (χ0n) is 10.5. The second-order valence-electron chi connectivity index (χ2n) is 5.24. The molecule has 2 heteroatoms. The van der Waals surface area contributed by atoms with Crippen molar-refractivity contribution in [1.82, 2.24) is 0 Å². The van der Waals surface area contributed by atoms with Gasteiger partial charge in [-0.05, 0) is 32.6 Å². The topological polar surface area (TPSA) is 35.2 Å². The molecule has 3 unspecified atom stereocenters. The Labute approximate surface area is 93.9 Å². The van der Waals surface area contributed by atoms with Gasteiger partial charge >= 0.3 is 0 Å². The Balaban J connectivity index is 2.78. The van der Waals surface area contributed by atoms with Gasteiger partial charge in [0.1, 0.15) is 0 Å². The van der Waals surface area contributed by atoms with Crippen LogP contribution >= 0.6 is 0 Å². The molecule has 0 bridgehead atoms. The molecule has 0 aromatic rings. The van der Waals surface area contributed by atoms with Crippen LogP contribution in [-0.2, 0) is 4.74 Å². The second kappa shape index (κ2) is 5.13. The predicted molar refractivity (Wildman–Crippen MR) is 64.8 cm³/mol. The summed E-state index contributed by atoms with van der Waals surface area (Å²) < 4.78 is 5.74. The van der Waals surface area contributed by atoms with E-state index in [-0.39, 0.29) is 11.6 Å². The summed E-state index contributed by atoms with van der Waals surface area (Å²) in [5.41, 5.74) is 7.41. The highest BCUT2D eigenvalue weighted by Gasteiger charge is 2.39. The molecule has 1 fully saturated rings. The average molecular weight is 211 g/mol. The van der Waals surface area contributed by atoms with E-state index in [1.165, 1.54) is 18.4 Å². The molecule has 0 saturated heterocycles. The summed E-state index contributed by atoms with van der Waals surface area (Å²) in [7, 11) is 1.80. The van der Waals surface area contributed by atoms with Crippen LogP contribution in [0.4, 0.5) is 0 Å². The van der Waals surface area contributed by atoms with Gasteiger partial charge in [0.15, 0.2) is 0 Å². The maximum Gasteiger partial charge on any atom is 0.0867 e. The highest BCUT2D eigenvalue weighted by atomic mass is 16.5. The van der Waals surface area contributed by atoms with E-state index in [2.05, 4.69) is 26.8 Å². The fourth-order valence-electron chi connectivity index (χ4n) is 2.68. The standard InChI is InChI=1S/C13H25NO/c1-10(2)8-12(14)13(15-4)7-5-6-11(3)9-13/h8,11-12H,5-7,9,14H2,1-4H3. The van der Waals surface area contributed by atoms with E-state index in [9.17, 15) is 0 Å². The Morgan fingerprint density at radius 2 is 2.20 bits per heavy atom. The number of hydrogen-bond donors (Lipinski definition) is 1. The van der Waals surface area contributed by atoms with Gasteiger partial charge in [-0.1, -0.05) is 31.4 Å². The molecule has 15 heavy (non-hydrogen) atoms. The Kier molecular flexibility index (Phi) is 4.35. The van der Waals surface area contributed by atoms with Gasteiger partial charge in [0.2, 0.25) is 0 Å². The van der Waals surface area contributed by atoms with E-state index in [0.29, 0.717) is 0 Å². The van der Waals surface area contributed by atoms with Gasteiger partial charge in [-0.3, -0.25) is 0 Å². The summed E-state index contributed by atoms with van der Waals surface area (Å²) in [6, 6.07) is 0.0373. The third-order valence-corrected chi connectivity index (χ3v) is 3.52. The van der Waals surface area contributed by atoms with Crippen molar-refractivity contribution < 1.29 is 4.74 Å². The van der Waals surface area contributed by atoms with E-state index >= 15 is 0 Å². The smallest absolute Gasteiger partial charge is 0.0867 e. The lowest BCUT2D eigenvalue weighted by Gasteiger charge is -2.42. The summed E-state index contributed by atoms with van der Waals surface area (Å²) in [5.74, 6) is 0.732. The van der Waals surface area contributed by atoms with E-state index in [1.807, 2.05) is 0 Å². The van der Waals surface area contributed by atoms with Gasteiger partial charge in [-0.25, -0.2) is 0 Å². The Bertz CT molecular complexity index is 233. The molecular formula is C13H25NO. The Morgan fingerprint density at radius 1 is 1.53 bits per heavy atom. The van der Waals surface area contributed by atoms with Crippen molar-refractivity contribution in [1.29, 1.82) is 0 Å². The molecule has 2 N–H and O–H groups in total. The van der Waals surface area contributed by atoms with E-state index < -0.39 is 0 Å². The van der Waals surface area contributed by atoms with Crippen molar-refractivity contribution >= 4 is 0 Å². The van der Waals surface area contributed by atoms with Gasteiger partial charge in [0, 0.05) is 7.11 Å². The van der Waals surface area contributed by atoms with Gasteiger partial charge in [0.05, 0.1) is 11.6 Å². The SMILES string of the molecule is COC1(C(N)C=C(C)C)CCCC(C)C1. The van der Waals surface area contributed by atoms with Gasteiger partial charge < -0.3 is 10.5 Å². The molecule has 0 heterocycles. The first-order valence-electron chi connectivity index (χ1n) is 5.96. The van der Waals surface area contributed by atoms with E-state index in [4.69, 9.17) is 10.5 Å². The minimum absolute atomic E-state index is 0.0373. The fraction of sp³-hybridized carbons (Fsp3) is 0.846. The monoisotopic (exact) mass is 211 g/mol. The Hall–Kier alpha value is -0.340. The Morgan fingerprint density at radius 3 is 2.67 bits per heavy atom. The first-order valence-corrected chi connectivity index (χ1v) is 5.96. The van der Waals surface area contributed by atoms with E-state index in [0.717, 1.165) is 18.8 Å². The van der Waals surface area contributed by atoms with Crippen LogP contribution in [0.1, 0.15) is 46.5 Å². The van der Waals surface area contributed by atoms with Gasteiger partial charge in [-0.15, -0.1) is 0 Å². The van der Waals surface area contributed by atoms with Crippen molar-refractivity contribution in [2.75, 3.05) is 7.11 Å². The van der Waals surface area contributed by atoms with Crippen LogP contribution in [0.15, 0.2) is 11.6 Å². The average Bonchev–Trinajstić information content (AvgIpc) is 2.16. The maximum atomic E-state index is 6.26. The van der Waals surface area contributed by atoms with Crippen LogP contribution in [0.25, 0.3) is 0 Å². The number of hydrogen-bond acceptors (Lipinski definition) is 2. The molecule has 1 aliphatic carbocycles. The molecule has 88 valence electrons. The number of methoxy groups -OCH3 is 1. The lowest BCUT2D eigenvalue weighted by atomic mass is 9.74. The molecule has 0 aromatic heterocycles. The number of ether oxygens (including phenoxy) is 1. The van der Waals surface area contributed by atoms with Crippen LogP contribution in [-0.4, -0.2) is 18.8 Å². The van der Waals surface area contributed by atoms with E-state index in [1.54, 1.807) is 7.11 Å². The van der Waals surface area contributed by atoms with Crippen molar-refractivity contribution in [2.24, 2.45) is 11.7 Å². The summed E-state index contributed by atoms with van der Waals surface area (Å²) in [6.45, 7) is 6.48. The van der Waals surface area contributed by atoms with Crippen LogP contribution in [0.2, 0.25) is 0 Å². The first-order chi connectivity index (χ1) is 7.00. The lowest BCUT2D eigenvalue weighted by Crippen LogP contribution is -2.51. The summed E-state index contributed by atoms with van der Waals surface area (Å²) >= 11 is 0. The summed E-state index contributed by atoms with van der Waals surface area (Å²) in [4.78, 5) is 0. The minimum Gasteiger partial charge on any atom is -0.376 e. The van der Waals surface area contributed by atoms with Gasteiger partial charge in [-0.2, -0.15) is 0 Å². The number of allylic oxidation sites excluding steroid dienone is 1. The molecule has 0 spiro atoms. The van der Waals surface area contributed by atoms with Gasteiger partial charge in [0.25, 0.3) is 0 Å². The van der Waals surface area contributed by atoms with Crippen LogP contribution in [0.5, 0.6) is 0 Å². The summed E-state index contributed by atoms with van der Waals surface area (Å²) in [5, 5.41) is 0. The molecule has 2 nitrogen and oxygen atoms in total.